The lowest BCUT2D eigenvalue weighted by molar-refractivity contribution is -0.121. The van der Waals surface area contributed by atoms with E-state index in [9.17, 15) is 4.79 Å². The van der Waals surface area contributed by atoms with Crippen LogP contribution < -0.4 is 5.73 Å². The van der Waals surface area contributed by atoms with Crippen LogP contribution in [-0.2, 0) is 4.79 Å². The molecule has 0 saturated heterocycles. The van der Waals surface area contributed by atoms with Crippen LogP contribution in [0.25, 0.3) is 0 Å². The van der Waals surface area contributed by atoms with Gasteiger partial charge in [-0.05, 0) is 5.92 Å². The average molecular weight is 167 g/mol. The lowest BCUT2D eigenvalue weighted by Gasteiger charge is -2.10. The summed E-state index contributed by atoms with van der Waals surface area (Å²) in [4.78, 5) is 11.3. The van der Waals surface area contributed by atoms with Crippen molar-refractivity contribution in [3.8, 4) is 12.3 Å². The molecule has 0 aliphatic rings. The largest absolute Gasteiger partial charge is 0.321 e. The second-order valence-corrected chi connectivity index (χ2v) is 3.20. The van der Waals surface area contributed by atoms with Gasteiger partial charge in [0.2, 0.25) is 0 Å². The summed E-state index contributed by atoms with van der Waals surface area (Å²) >= 11 is 0. The van der Waals surface area contributed by atoms with Crippen molar-refractivity contribution in [2.24, 2.45) is 11.7 Å². The van der Waals surface area contributed by atoms with E-state index < -0.39 is 6.04 Å². The van der Waals surface area contributed by atoms with E-state index >= 15 is 0 Å². The monoisotopic (exact) mass is 167 g/mol. The van der Waals surface area contributed by atoms with Crippen LogP contribution in [-0.4, -0.2) is 11.8 Å². The second-order valence-electron chi connectivity index (χ2n) is 3.20. The number of rotatable bonds is 5. The fraction of sp³-hybridized carbons (Fsp3) is 0.700. The van der Waals surface area contributed by atoms with Gasteiger partial charge in [0.25, 0.3) is 0 Å². The summed E-state index contributed by atoms with van der Waals surface area (Å²) in [5.74, 6) is 2.90. The third kappa shape index (κ3) is 4.15. The zero-order valence-corrected chi connectivity index (χ0v) is 7.84. The molecule has 2 nitrogen and oxygen atoms in total. The maximum absolute atomic E-state index is 11.3. The minimum Gasteiger partial charge on any atom is -0.321 e. The first-order valence-electron chi connectivity index (χ1n) is 4.33. The first-order valence-corrected chi connectivity index (χ1v) is 4.33. The number of hydrogen-bond donors (Lipinski definition) is 1. The highest BCUT2D eigenvalue weighted by molar-refractivity contribution is 5.84. The summed E-state index contributed by atoms with van der Waals surface area (Å²) in [6.07, 6.45) is 6.97. The molecule has 2 heteroatoms. The van der Waals surface area contributed by atoms with Gasteiger partial charge in [-0.15, -0.1) is 12.3 Å². The molecule has 0 aromatic carbocycles. The summed E-state index contributed by atoms with van der Waals surface area (Å²) < 4.78 is 0. The minimum atomic E-state index is -0.455. The van der Waals surface area contributed by atoms with E-state index in [0.29, 0.717) is 18.8 Å². The predicted octanol–water partition coefficient (Wildman–Crippen LogP) is 1.34. The standard InChI is InChI=1S/C10H17NO/c1-4-6-9(11)10(12)7-8(3)5-2/h1,8-9H,5-7,11H2,2-3H3. The number of terminal acetylenes is 1. The highest BCUT2D eigenvalue weighted by Crippen LogP contribution is 2.08. The molecule has 2 atom stereocenters. The van der Waals surface area contributed by atoms with Gasteiger partial charge in [0.05, 0.1) is 6.04 Å². The van der Waals surface area contributed by atoms with Crippen molar-refractivity contribution < 1.29 is 4.79 Å². The number of hydrogen-bond acceptors (Lipinski definition) is 2. The number of nitrogens with two attached hydrogens (primary N) is 1. The van der Waals surface area contributed by atoms with Crippen molar-refractivity contribution in [1.29, 1.82) is 0 Å². The van der Waals surface area contributed by atoms with Gasteiger partial charge in [0.15, 0.2) is 5.78 Å². The fourth-order valence-electron chi connectivity index (χ4n) is 0.880. The van der Waals surface area contributed by atoms with E-state index in [-0.39, 0.29) is 5.78 Å². The molecule has 0 aromatic heterocycles. The molecule has 0 heterocycles. The highest BCUT2D eigenvalue weighted by atomic mass is 16.1. The molecule has 0 aromatic rings. The van der Waals surface area contributed by atoms with Gasteiger partial charge < -0.3 is 5.73 Å². The summed E-state index contributed by atoms with van der Waals surface area (Å²) in [6, 6.07) is -0.455. The number of carbonyl (C=O) groups is 1. The smallest absolute Gasteiger partial charge is 0.150 e. The van der Waals surface area contributed by atoms with E-state index in [1.807, 2.05) is 6.92 Å². The maximum Gasteiger partial charge on any atom is 0.150 e. The average Bonchev–Trinajstić information content (AvgIpc) is 2.04. The SMILES string of the molecule is C#CCC(N)C(=O)CC(C)CC. The Morgan fingerprint density at radius 1 is 1.67 bits per heavy atom. The zero-order valence-electron chi connectivity index (χ0n) is 7.84. The van der Waals surface area contributed by atoms with Gasteiger partial charge >= 0.3 is 0 Å². The van der Waals surface area contributed by atoms with Crippen LogP contribution in [0.5, 0.6) is 0 Å². The summed E-state index contributed by atoms with van der Waals surface area (Å²) in [7, 11) is 0. The van der Waals surface area contributed by atoms with Gasteiger partial charge in [-0.3, -0.25) is 4.79 Å². The van der Waals surface area contributed by atoms with Crippen molar-refractivity contribution in [3.63, 3.8) is 0 Å². The zero-order chi connectivity index (χ0) is 9.56. The Balaban J connectivity index is 3.80. The first kappa shape index (κ1) is 11.2. The molecule has 0 fully saturated rings. The molecule has 0 saturated carbocycles. The summed E-state index contributed by atoms with van der Waals surface area (Å²) in [5, 5.41) is 0. The lowest BCUT2D eigenvalue weighted by atomic mass is 9.97. The summed E-state index contributed by atoms with van der Waals surface area (Å²) in [5.41, 5.74) is 5.54. The van der Waals surface area contributed by atoms with E-state index in [1.165, 1.54) is 0 Å². The Labute approximate surface area is 74.5 Å². The molecular formula is C10H17NO. The van der Waals surface area contributed by atoms with Crippen molar-refractivity contribution in [2.45, 2.75) is 39.2 Å². The fourth-order valence-corrected chi connectivity index (χ4v) is 0.880. The Hall–Kier alpha value is -0.810. The van der Waals surface area contributed by atoms with Gasteiger partial charge in [0.1, 0.15) is 0 Å². The number of ketones is 1. The Bertz CT molecular complexity index is 181. The number of Topliss-reactive ketones (excluding diaryl/α,β-unsaturated/α-hetero) is 1. The van der Waals surface area contributed by atoms with Gasteiger partial charge in [-0.25, -0.2) is 0 Å². The Kier molecular flexibility index (Phi) is 5.40. The molecule has 0 bridgehead atoms. The third-order valence-corrected chi connectivity index (χ3v) is 2.00. The molecule has 0 rings (SSSR count). The Morgan fingerprint density at radius 3 is 2.67 bits per heavy atom. The van der Waals surface area contributed by atoms with Crippen LogP contribution in [0.4, 0.5) is 0 Å². The molecule has 2 unspecified atom stereocenters. The van der Waals surface area contributed by atoms with Gasteiger partial charge in [0, 0.05) is 12.8 Å². The molecule has 0 aliphatic heterocycles. The minimum absolute atomic E-state index is 0.0855. The number of carbonyl (C=O) groups excluding carboxylic acids is 1. The van der Waals surface area contributed by atoms with E-state index in [1.54, 1.807) is 0 Å². The quantitative estimate of drug-likeness (QED) is 0.628. The van der Waals surface area contributed by atoms with Gasteiger partial charge in [-0.2, -0.15) is 0 Å². The van der Waals surface area contributed by atoms with E-state index in [4.69, 9.17) is 12.2 Å². The maximum atomic E-state index is 11.3. The molecule has 0 spiro atoms. The van der Waals surface area contributed by atoms with Crippen LogP contribution in [0.3, 0.4) is 0 Å². The molecule has 2 N–H and O–H groups in total. The van der Waals surface area contributed by atoms with E-state index in [0.717, 1.165) is 6.42 Å². The van der Waals surface area contributed by atoms with Crippen LogP contribution in [0.2, 0.25) is 0 Å². The van der Waals surface area contributed by atoms with Crippen LogP contribution >= 0.6 is 0 Å². The molecule has 0 radical (unpaired) electrons. The van der Waals surface area contributed by atoms with Crippen molar-refractivity contribution in [1.82, 2.24) is 0 Å². The molecule has 0 amide bonds. The van der Waals surface area contributed by atoms with Crippen molar-refractivity contribution >= 4 is 5.78 Å². The lowest BCUT2D eigenvalue weighted by Crippen LogP contribution is -2.30. The Morgan fingerprint density at radius 2 is 2.25 bits per heavy atom. The molecule has 12 heavy (non-hydrogen) atoms. The van der Waals surface area contributed by atoms with Gasteiger partial charge in [-0.1, -0.05) is 20.3 Å². The predicted molar refractivity (Wildman–Crippen MR) is 50.5 cm³/mol. The molecule has 68 valence electrons. The van der Waals surface area contributed by atoms with E-state index in [2.05, 4.69) is 12.8 Å². The third-order valence-electron chi connectivity index (χ3n) is 2.00. The van der Waals surface area contributed by atoms with Crippen LogP contribution in [0.15, 0.2) is 0 Å². The first-order chi connectivity index (χ1) is 5.61. The van der Waals surface area contributed by atoms with Crippen molar-refractivity contribution in [3.05, 3.63) is 0 Å². The van der Waals surface area contributed by atoms with Crippen LogP contribution in [0, 0.1) is 18.3 Å². The second kappa shape index (κ2) is 5.79. The van der Waals surface area contributed by atoms with Crippen LogP contribution in [0.1, 0.15) is 33.1 Å². The molecular weight excluding hydrogens is 150 g/mol. The highest BCUT2D eigenvalue weighted by Gasteiger charge is 2.14. The topological polar surface area (TPSA) is 43.1 Å². The normalized spacial score (nSPS) is 14.8. The van der Waals surface area contributed by atoms with Crippen molar-refractivity contribution in [2.75, 3.05) is 0 Å². The molecule has 0 aliphatic carbocycles. The summed E-state index contributed by atoms with van der Waals surface area (Å²) in [6.45, 7) is 4.10.